The summed E-state index contributed by atoms with van der Waals surface area (Å²) in [6, 6.07) is 4.80. The number of thiophene rings is 1. The Labute approximate surface area is 184 Å². The van der Waals surface area contributed by atoms with E-state index in [1.807, 2.05) is 0 Å². The highest BCUT2D eigenvalue weighted by atomic mass is 35.5. The van der Waals surface area contributed by atoms with Gasteiger partial charge in [0.1, 0.15) is 10.8 Å². The Balaban J connectivity index is 1.77. The third-order valence-corrected chi connectivity index (χ3v) is 6.39. The maximum atomic E-state index is 12.6. The number of hydrogen-bond acceptors (Lipinski definition) is 5. The van der Waals surface area contributed by atoms with Crippen molar-refractivity contribution in [3.63, 3.8) is 0 Å². The normalized spacial score (nSPS) is 13.8. The number of hydrogen-bond donors (Lipinski definition) is 1. The first-order valence-electron chi connectivity index (χ1n) is 9.69. The zero-order valence-electron chi connectivity index (χ0n) is 16.2. The van der Waals surface area contributed by atoms with Crippen molar-refractivity contribution < 1.29 is 19.1 Å². The van der Waals surface area contributed by atoms with E-state index in [0.717, 1.165) is 42.5 Å². The highest BCUT2D eigenvalue weighted by molar-refractivity contribution is 7.17. The minimum atomic E-state index is -0.387. The van der Waals surface area contributed by atoms with Crippen molar-refractivity contribution in [2.75, 3.05) is 18.5 Å². The number of halogens is 2. The quantitative estimate of drug-likeness (QED) is 0.549. The van der Waals surface area contributed by atoms with E-state index in [1.165, 1.54) is 17.8 Å². The third kappa shape index (κ3) is 5.65. The summed E-state index contributed by atoms with van der Waals surface area (Å²) >= 11 is 13.4. The maximum absolute atomic E-state index is 12.6. The van der Waals surface area contributed by atoms with Crippen LogP contribution in [0.4, 0.5) is 5.00 Å². The highest BCUT2D eigenvalue weighted by Gasteiger charge is 2.26. The van der Waals surface area contributed by atoms with Crippen LogP contribution in [0.25, 0.3) is 0 Å². The number of rotatable bonds is 6. The minimum absolute atomic E-state index is 0.230. The lowest BCUT2D eigenvalue weighted by atomic mass is 9.96. The molecule has 0 unspecified atom stereocenters. The molecule has 8 heteroatoms. The summed E-state index contributed by atoms with van der Waals surface area (Å²) in [6.07, 6.45) is 6.19. The third-order valence-electron chi connectivity index (χ3n) is 4.66. The number of esters is 1. The number of aryl methyl sites for hydroxylation is 1. The lowest BCUT2D eigenvalue weighted by Crippen LogP contribution is -2.21. The Kier molecular flexibility index (Phi) is 7.81. The highest BCUT2D eigenvalue weighted by Crippen LogP contribution is 2.37. The van der Waals surface area contributed by atoms with Gasteiger partial charge in [0.05, 0.1) is 17.2 Å². The van der Waals surface area contributed by atoms with Gasteiger partial charge < -0.3 is 14.8 Å². The van der Waals surface area contributed by atoms with Crippen LogP contribution in [0.3, 0.4) is 0 Å². The number of ether oxygens (including phenoxy) is 2. The maximum Gasteiger partial charge on any atom is 0.341 e. The largest absolute Gasteiger partial charge is 0.482 e. The molecule has 1 aliphatic carbocycles. The van der Waals surface area contributed by atoms with Gasteiger partial charge in [0.15, 0.2) is 6.61 Å². The molecular formula is C21H23Cl2NO4S. The molecule has 0 atom stereocenters. The van der Waals surface area contributed by atoms with Gasteiger partial charge in [-0.05, 0) is 56.4 Å². The van der Waals surface area contributed by atoms with Crippen LogP contribution in [0.2, 0.25) is 10.0 Å². The van der Waals surface area contributed by atoms with Crippen LogP contribution in [-0.4, -0.2) is 25.1 Å². The topological polar surface area (TPSA) is 64.6 Å². The van der Waals surface area contributed by atoms with Crippen LogP contribution >= 0.6 is 34.5 Å². The van der Waals surface area contributed by atoms with Crippen LogP contribution in [0, 0.1) is 0 Å². The van der Waals surface area contributed by atoms with E-state index in [-0.39, 0.29) is 25.1 Å². The second-order valence-corrected chi connectivity index (χ2v) is 8.70. The monoisotopic (exact) mass is 455 g/mol. The second-order valence-electron chi connectivity index (χ2n) is 6.75. The first kappa shape index (κ1) is 21.9. The molecule has 0 spiro atoms. The van der Waals surface area contributed by atoms with Gasteiger partial charge in [-0.15, -0.1) is 11.3 Å². The van der Waals surface area contributed by atoms with Gasteiger partial charge in [-0.3, -0.25) is 4.79 Å². The molecule has 3 rings (SSSR count). The lowest BCUT2D eigenvalue weighted by molar-refractivity contribution is -0.118. The van der Waals surface area contributed by atoms with Crippen molar-refractivity contribution in [3.8, 4) is 5.75 Å². The molecule has 1 amide bonds. The number of amides is 1. The SMILES string of the molecule is CCOC(=O)c1c(NC(=O)COc2ccc(Cl)cc2Cl)sc2c1CCCCCC2. The zero-order chi connectivity index (χ0) is 20.8. The summed E-state index contributed by atoms with van der Waals surface area (Å²) in [4.78, 5) is 26.3. The molecule has 0 saturated heterocycles. The van der Waals surface area contributed by atoms with E-state index >= 15 is 0 Å². The molecule has 0 bridgehead atoms. The second kappa shape index (κ2) is 10.3. The van der Waals surface area contributed by atoms with Crippen LogP contribution < -0.4 is 10.1 Å². The fraction of sp³-hybridized carbons (Fsp3) is 0.429. The molecule has 29 heavy (non-hydrogen) atoms. The predicted octanol–water partition coefficient (Wildman–Crippen LogP) is 5.91. The molecule has 156 valence electrons. The number of fused-ring (bicyclic) bond motifs is 1. The van der Waals surface area contributed by atoms with Gasteiger partial charge in [0.2, 0.25) is 0 Å². The number of anilines is 1. The first-order chi connectivity index (χ1) is 14.0. The average Bonchev–Trinajstić information content (AvgIpc) is 2.97. The van der Waals surface area contributed by atoms with Crippen molar-refractivity contribution in [1.29, 1.82) is 0 Å². The summed E-state index contributed by atoms with van der Waals surface area (Å²) in [5, 5.41) is 4.19. The van der Waals surface area contributed by atoms with Gasteiger partial charge in [-0.2, -0.15) is 0 Å². The molecule has 1 N–H and O–H groups in total. The van der Waals surface area contributed by atoms with Crippen molar-refractivity contribution in [2.24, 2.45) is 0 Å². The molecule has 1 aliphatic rings. The Morgan fingerprint density at radius 1 is 1.14 bits per heavy atom. The Morgan fingerprint density at radius 3 is 2.62 bits per heavy atom. The molecular weight excluding hydrogens is 433 g/mol. The number of nitrogens with one attached hydrogen (secondary N) is 1. The smallest absolute Gasteiger partial charge is 0.341 e. The summed E-state index contributed by atoms with van der Waals surface area (Å²) in [6.45, 7) is 1.83. The van der Waals surface area contributed by atoms with Gasteiger partial charge in [-0.1, -0.05) is 36.0 Å². The van der Waals surface area contributed by atoms with Crippen LogP contribution in [0.1, 0.15) is 53.4 Å². The Morgan fingerprint density at radius 2 is 1.90 bits per heavy atom. The number of carbonyl (C=O) groups excluding carboxylic acids is 2. The molecule has 1 aromatic carbocycles. The van der Waals surface area contributed by atoms with E-state index in [2.05, 4.69) is 5.32 Å². The van der Waals surface area contributed by atoms with Crippen molar-refractivity contribution in [3.05, 3.63) is 44.2 Å². The minimum Gasteiger partial charge on any atom is -0.482 e. The predicted molar refractivity (Wildman–Crippen MR) is 117 cm³/mol. The van der Waals surface area contributed by atoms with Crippen LogP contribution in [0.5, 0.6) is 5.75 Å². The van der Waals surface area contributed by atoms with Gasteiger partial charge in [0.25, 0.3) is 5.91 Å². The van der Waals surface area contributed by atoms with E-state index in [1.54, 1.807) is 25.1 Å². The van der Waals surface area contributed by atoms with E-state index in [0.29, 0.717) is 26.4 Å². The van der Waals surface area contributed by atoms with Gasteiger partial charge >= 0.3 is 5.97 Å². The van der Waals surface area contributed by atoms with Crippen LogP contribution in [0.15, 0.2) is 18.2 Å². The number of carbonyl (C=O) groups is 2. The van der Waals surface area contributed by atoms with Crippen molar-refractivity contribution in [1.82, 2.24) is 0 Å². The van der Waals surface area contributed by atoms with Gasteiger partial charge in [0, 0.05) is 9.90 Å². The molecule has 0 aliphatic heterocycles. The molecule has 0 fully saturated rings. The summed E-state index contributed by atoms with van der Waals surface area (Å²) < 4.78 is 10.8. The zero-order valence-corrected chi connectivity index (χ0v) is 18.5. The first-order valence-corrected chi connectivity index (χ1v) is 11.3. The lowest BCUT2D eigenvalue weighted by Gasteiger charge is -2.12. The fourth-order valence-electron chi connectivity index (χ4n) is 3.32. The Bertz CT molecular complexity index is 897. The summed E-state index contributed by atoms with van der Waals surface area (Å²) in [7, 11) is 0. The molecule has 1 aromatic heterocycles. The van der Waals surface area contributed by atoms with Crippen molar-refractivity contribution in [2.45, 2.75) is 45.4 Å². The average molecular weight is 456 g/mol. The fourth-order valence-corrected chi connectivity index (χ4v) is 5.08. The van der Waals surface area contributed by atoms with E-state index in [9.17, 15) is 9.59 Å². The van der Waals surface area contributed by atoms with E-state index in [4.69, 9.17) is 32.7 Å². The van der Waals surface area contributed by atoms with Crippen molar-refractivity contribution >= 4 is 51.4 Å². The molecule has 5 nitrogen and oxygen atoms in total. The summed E-state index contributed by atoms with van der Waals surface area (Å²) in [5.41, 5.74) is 1.51. The molecule has 0 radical (unpaired) electrons. The van der Waals surface area contributed by atoms with Crippen LogP contribution in [-0.2, 0) is 22.4 Å². The van der Waals surface area contributed by atoms with Gasteiger partial charge in [-0.25, -0.2) is 4.79 Å². The molecule has 2 aromatic rings. The molecule has 1 heterocycles. The Hall–Kier alpha value is -1.76. The summed E-state index contributed by atoms with van der Waals surface area (Å²) in [5.74, 6) is -0.381. The molecule has 0 saturated carbocycles. The van der Waals surface area contributed by atoms with E-state index < -0.39 is 0 Å². The number of benzene rings is 1. The standard InChI is InChI=1S/C21H23Cl2NO4S/c1-2-27-21(26)19-14-7-5-3-4-6-8-17(14)29-20(19)24-18(25)12-28-16-10-9-13(22)11-15(16)23/h9-11H,2-8,12H2,1H3,(H,24,25).